The van der Waals surface area contributed by atoms with E-state index in [1.807, 2.05) is 12.1 Å². The molecule has 0 spiro atoms. The molecule has 0 bridgehead atoms. The van der Waals surface area contributed by atoms with Gasteiger partial charge in [0.15, 0.2) is 0 Å². The van der Waals surface area contributed by atoms with Crippen LogP contribution in [0.25, 0.3) is 0 Å². The highest BCUT2D eigenvalue weighted by atomic mass is 35.5. The fraction of sp³-hybridized carbons (Fsp3) is 0.0909. The first-order valence-electron chi connectivity index (χ1n) is 8.88. The lowest BCUT2D eigenvalue weighted by atomic mass is 10.2. The third kappa shape index (κ3) is 5.92. The van der Waals surface area contributed by atoms with E-state index in [0.717, 1.165) is 4.90 Å². The third-order valence-electron chi connectivity index (χ3n) is 4.04. The molecule has 3 aromatic rings. The Bertz CT molecular complexity index is 1060. The van der Waals surface area contributed by atoms with Crippen LogP contribution in [0.4, 0.5) is 11.4 Å². The van der Waals surface area contributed by atoms with Gasteiger partial charge in [0.25, 0.3) is 5.91 Å². The predicted molar refractivity (Wildman–Crippen MR) is 123 cm³/mol. The smallest absolute Gasteiger partial charge is 0.257 e. The molecule has 3 rings (SSSR count). The Hall–Kier alpha value is -2.67. The molecular formula is C22H18Cl2N2O3S. The molecule has 0 aliphatic rings. The second-order valence-electron chi connectivity index (χ2n) is 6.14. The Morgan fingerprint density at radius 2 is 1.70 bits per heavy atom. The molecule has 0 aliphatic carbocycles. The summed E-state index contributed by atoms with van der Waals surface area (Å²) in [7, 11) is 1.49. The van der Waals surface area contributed by atoms with Crippen LogP contribution in [0.1, 0.15) is 10.4 Å². The first-order chi connectivity index (χ1) is 14.5. The number of rotatable bonds is 7. The maximum absolute atomic E-state index is 12.5. The molecule has 5 nitrogen and oxygen atoms in total. The molecule has 30 heavy (non-hydrogen) atoms. The Kier molecular flexibility index (Phi) is 7.63. The molecule has 0 saturated heterocycles. The summed E-state index contributed by atoms with van der Waals surface area (Å²) in [5.41, 5.74) is 1.39. The zero-order valence-electron chi connectivity index (χ0n) is 15.9. The number of anilines is 2. The molecule has 0 radical (unpaired) electrons. The van der Waals surface area contributed by atoms with E-state index >= 15 is 0 Å². The first kappa shape index (κ1) is 22.0. The molecule has 0 saturated carbocycles. The number of amides is 2. The van der Waals surface area contributed by atoms with Gasteiger partial charge in [0, 0.05) is 21.7 Å². The molecule has 2 amide bonds. The van der Waals surface area contributed by atoms with E-state index in [1.165, 1.54) is 18.9 Å². The van der Waals surface area contributed by atoms with Gasteiger partial charge in [-0.25, -0.2) is 0 Å². The van der Waals surface area contributed by atoms with Gasteiger partial charge in [-0.1, -0.05) is 35.3 Å². The number of ether oxygens (including phenoxy) is 1. The normalized spacial score (nSPS) is 10.4. The van der Waals surface area contributed by atoms with Crippen LogP contribution in [0.5, 0.6) is 5.75 Å². The highest BCUT2D eigenvalue weighted by Gasteiger charge is 2.14. The van der Waals surface area contributed by atoms with Crippen molar-refractivity contribution in [2.75, 3.05) is 23.5 Å². The van der Waals surface area contributed by atoms with Crippen molar-refractivity contribution in [3.63, 3.8) is 0 Å². The topological polar surface area (TPSA) is 67.4 Å². The minimum absolute atomic E-state index is 0.162. The van der Waals surface area contributed by atoms with Gasteiger partial charge in [0.1, 0.15) is 5.75 Å². The van der Waals surface area contributed by atoms with E-state index in [2.05, 4.69) is 10.6 Å². The molecule has 3 aromatic carbocycles. The Morgan fingerprint density at radius 1 is 0.967 bits per heavy atom. The number of nitrogens with one attached hydrogen (secondary N) is 2. The van der Waals surface area contributed by atoms with Gasteiger partial charge >= 0.3 is 0 Å². The standard InChI is InChI=1S/C22H18Cl2N2O3S/c1-29-20-12-15(25-21(27)13-30-16-9-6-14(23)7-10-16)8-11-19(20)26-22(28)17-4-2-3-5-18(17)24/h2-12H,13H2,1H3,(H,25,27)(H,26,28). The van der Waals surface area contributed by atoms with Gasteiger partial charge < -0.3 is 15.4 Å². The molecule has 0 unspecified atom stereocenters. The van der Waals surface area contributed by atoms with Crippen LogP contribution in [0.3, 0.4) is 0 Å². The average molecular weight is 461 g/mol. The summed E-state index contributed by atoms with van der Waals surface area (Å²) in [5, 5.41) is 6.60. The molecule has 0 aliphatic heterocycles. The second-order valence-corrected chi connectivity index (χ2v) is 8.03. The molecule has 0 heterocycles. The van der Waals surface area contributed by atoms with Gasteiger partial charge in [-0.05, 0) is 48.5 Å². The van der Waals surface area contributed by atoms with E-state index in [1.54, 1.807) is 54.6 Å². The number of benzene rings is 3. The number of hydrogen-bond donors (Lipinski definition) is 2. The minimum Gasteiger partial charge on any atom is -0.494 e. The molecule has 8 heteroatoms. The Morgan fingerprint density at radius 3 is 2.40 bits per heavy atom. The van der Waals surface area contributed by atoms with Gasteiger partial charge in [0.05, 0.1) is 29.1 Å². The van der Waals surface area contributed by atoms with Gasteiger partial charge in [0.2, 0.25) is 5.91 Å². The van der Waals surface area contributed by atoms with Gasteiger partial charge in [-0.2, -0.15) is 0 Å². The molecule has 0 atom stereocenters. The number of thioether (sulfide) groups is 1. The van der Waals surface area contributed by atoms with Crippen molar-refractivity contribution < 1.29 is 14.3 Å². The number of carbonyl (C=O) groups excluding carboxylic acids is 2. The Labute approximate surface area is 188 Å². The van der Waals surface area contributed by atoms with E-state index in [4.69, 9.17) is 27.9 Å². The summed E-state index contributed by atoms with van der Waals surface area (Å²) < 4.78 is 5.36. The zero-order chi connectivity index (χ0) is 21.5. The van der Waals surface area contributed by atoms with E-state index in [9.17, 15) is 9.59 Å². The largest absolute Gasteiger partial charge is 0.494 e. The third-order valence-corrected chi connectivity index (χ3v) is 5.63. The predicted octanol–water partition coefficient (Wildman–Crippen LogP) is 5.99. The van der Waals surface area contributed by atoms with Gasteiger partial charge in [-0.15, -0.1) is 11.8 Å². The Balaban J connectivity index is 1.63. The minimum atomic E-state index is -0.352. The van der Waals surface area contributed by atoms with E-state index in [0.29, 0.717) is 32.7 Å². The summed E-state index contributed by atoms with van der Waals surface area (Å²) >= 11 is 13.3. The number of carbonyl (C=O) groups is 2. The fourth-order valence-corrected chi connectivity index (χ4v) is 3.63. The lowest BCUT2D eigenvalue weighted by Crippen LogP contribution is -2.15. The molecule has 154 valence electrons. The summed E-state index contributed by atoms with van der Waals surface area (Å²) in [6.07, 6.45) is 0. The van der Waals surface area contributed by atoms with Crippen LogP contribution in [-0.4, -0.2) is 24.7 Å². The van der Waals surface area contributed by atoms with Crippen molar-refractivity contribution >= 4 is 58.2 Å². The number of halogens is 2. The average Bonchev–Trinajstić information content (AvgIpc) is 2.74. The van der Waals surface area contributed by atoms with Crippen LogP contribution in [0, 0.1) is 0 Å². The number of methoxy groups -OCH3 is 1. The lowest BCUT2D eigenvalue weighted by molar-refractivity contribution is -0.113. The molecule has 2 N–H and O–H groups in total. The molecule has 0 aromatic heterocycles. The monoisotopic (exact) mass is 460 g/mol. The van der Waals surface area contributed by atoms with E-state index in [-0.39, 0.29) is 17.6 Å². The van der Waals surface area contributed by atoms with Crippen molar-refractivity contribution in [3.8, 4) is 5.75 Å². The maximum atomic E-state index is 12.5. The summed E-state index contributed by atoms with van der Waals surface area (Å²) in [6.45, 7) is 0. The van der Waals surface area contributed by atoms with Gasteiger partial charge in [-0.3, -0.25) is 9.59 Å². The van der Waals surface area contributed by atoms with Crippen molar-refractivity contribution in [2.24, 2.45) is 0 Å². The van der Waals surface area contributed by atoms with Crippen LogP contribution in [-0.2, 0) is 4.79 Å². The quantitative estimate of drug-likeness (QED) is 0.425. The maximum Gasteiger partial charge on any atom is 0.257 e. The second kappa shape index (κ2) is 10.4. The number of hydrogen-bond acceptors (Lipinski definition) is 4. The fourth-order valence-electron chi connectivity index (χ4n) is 2.58. The first-order valence-corrected chi connectivity index (χ1v) is 10.6. The van der Waals surface area contributed by atoms with Crippen LogP contribution in [0.2, 0.25) is 10.0 Å². The van der Waals surface area contributed by atoms with Crippen LogP contribution >= 0.6 is 35.0 Å². The molecular weight excluding hydrogens is 443 g/mol. The highest BCUT2D eigenvalue weighted by molar-refractivity contribution is 8.00. The van der Waals surface area contributed by atoms with Crippen LogP contribution < -0.4 is 15.4 Å². The van der Waals surface area contributed by atoms with Crippen molar-refractivity contribution in [3.05, 3.63) is 82.3 Å². The van der Waals surface area contributed by atoms with Crippen molar-refractivity contribution in [1.82, 2.24) is 0 Å². The van der Waals surface area contributed by atoms with Crippen molar-refractivity contribution in [1.29, 1.82) is 0 Å². The lowest BCUT2D eigenvalue weighted by Gasteiger charge is -2.13. The van der Waals surface area contributed by atoms with Crippen molar-refractivity contribution in [2.45, 2.75) is 4.90 Å². The molecule has 0 fully saturated rings. The zero-order valence-corrected chi connectivity index (χ0v) is 18.3. The highest BCUT2D eigenvalue weighted by Crippen LogP contribution is 2.29. The van der Waals surface area contributed by atoms with E-state index < -0.39 is 0 Å². The SMILES string of the molecule is COc1cc(NC(=O)CSc2ccc(Cl)cc2)ccc1NC(=O)c1ccccc1Cl. The van der Waals surface area contributed by atoms with Crippen LogP contribution in [0.15, 0.2) is 71.6 Å². The summed E-state index contributed by atoms with van der Waals surface area (Å²) in [6, 6.07) is 19.1. The summed E-state index contributed by atoms with van der Waals surface area (Å²) in [5.74, 6) is 0.146. The summed E-state index contributed by atoms with van der Waals surface area (Å²) in [4.78, 5) is 25.7.